The van der Waals surface area contributed by atoms with Crippen LogP contribution in [0.5, 0.6) is 0 Å². The minimum Gasteiger partial charge on any atom is -0.333 e. The molecule has 1 aromatic carbocycles. The second-order valence-corrected chi connectivity index (χ2v) is 9.56. The Morgan fingerprint density at radius 2 is 1.89 bits per heavy atom. The number of nitrogens with one attached hydrogen (secondary N) is 2. The van der Waals surface area contributed by atoms with Crippen LogP contribution < -0.4 is 9.80 Å². The lowest BCUT2D eigenvalue weighted by Crippen LogP contribution is -3.28. The number of para-hydroxylation sites is 1. The second kappa shape index (κ2) is 9.13. The number of nitrogens with zero attached hydrogens (tertiary/aromatic N) is 2. The lowest BCUT2D eigenvalue weighted by molar-refractivity contribution is -1.02. The summed E-state index contributed by atoms with van der Waals surface area (Å²) in [7, 11) is 0. The summed E-state index contributed by atoms with van der Waals surface area (Å²) in [5.74, 6) is 0.278. The quantitative estimate of drug-likeness (QED) is 0.595. The number of likely N-dealkylation sites (N-methyl/N-ethyl adjacent to an activating group) is 1. The minimum atomic E-state index is 0.278. The molecule has 0 radical (unpaired) electrons. The summed E-state index contributed by atoms with van der Waals surface area (Å²) in [6.45, 7) is 9.54. The molecule has 0 atom stereocenters. The Morgan fingerprint density at radius 3 is 2.61 bits per heavy atom. The molecule has 28 heavy (non-hydrogen) atoms. The average Bonchev–Trinajstić information content (AvgIpc) is 3.36. The molecule has 1 aliphatic heterocycles. The van der Waals surface area contributed by atoms with Gasteiger partial charge in [0, 0.05) is 11.4 Å². The maximum atomic E-state index is 12.7. The van der Waals surface area contributed by atoms with Crippen LogP contribution in [0.1, 0.15) is 16.8 Å². The molecular formula is C21H28N4OS2+2. The average molecular weight is 417 g/mol. The smallest absolute Gasteiger partial charge is 0.278 e. The Balaban J connectivity index is 1.26. The maximum absolute atomic E-state index is 12.7. The minimum absolute atomic E-state index is 0.278. The summed E-state index contributed by atoms with van der Waals surface area (Å²) in [5, 5.41) is 3.30. The number of thiazole rings is 1. The number of fused-ring (bicyclic) bond motifs is 1. The third-order valence-electron chi connectivity index (χ3n) is 5.47. The van der Waals surface area contributed by atoms with Crippen molar-refractivity contribution in [2.45, 2.75) is 20.0 Å². The van der Waals surface area contributed by atoms with Gasteiger partial charge in [0.05, 0.1) is 16.8 Å². The first-order valence-corrected chi connectivity index (χ1v) is 11.7. The van der Waals surface area contributed by atoms with E-state index in [0.717, 1.165) is 51.3 Å². The zero-order valence-corrected chi connectivity index (χ0v) is 18.0. The van der Waals surface area contributed by atoms with E-state index >= 15 is 0 Å². The van der Waals surface area contributed by atoms with Crippen LogP contribution in [0.25, 0.3) is 10.2 Å². The second-order valence-electron chi connectivity index (χ2n) is 7.42. The summed E-state index contributed by atoms with van der Waals surface area (Å²) in [5.41, 5.74) is 1.11. The van der Waals surface area contributed by atoms with Gasteiger partial charge in [-0.1, -0.05) is 18.2 Å². The van der Waals surface area contributed by atoms with Crippen LogP contribution in [0.3, 0.4) is 0 Å². The largest absolute Gasteiger partial charge is 0.333 e. The van der Waals surface area contributed by atoms with Crippen LogP contribution >= 0.6 is 22.7 Å². The predicted octanol–water partition coefficient (Wildman–Crippen LogP) is 0.690. The number of hydrogen-bond donors (Lipinski definition) is 2. The molecule has 1 fully saturated rings. The third-order valence-corrected chi connectivity index (χ3v) is 7.36. The van der Waals surface area contributed by atoms with Gasteiger partial charge in [-0.2, -0.15) is 0 Å². The predicted molar refractivity (Wildman–Crippen MR) is 115 cm³/mol. The highest BCUT2D eigenvalue weighted by atomic mass is 32.1. The van der Waals surface area contributed by atoms with Gasteiger partial charge in [-0.05, 0) is 30.5 Å². The molecule has 4 rings (SSSR count). The highest BCUT2D eigenvalue weighted by Gasteiger charge is 2.27. The Bertz CT molecular complexity index is 867. The molecular weight excluding hydrogens is 388 g/mol. The van der Waals surface area contributed by atoms with Crippen molar-refractivity contribution in [2.24, 2.45) is 0 Å². The number of thiophene rings is 1. The maximum Gasteiger partial charge on any atom is 0.278 e. The Labute approximate surface area is 174 Å². The molecule has 1 saturated heterocycles. The summed E-state index contributed by atoms with van der Waals surface area (Å²) in [4.78, 5) is 23.8. The van der Waals surface area contributed by atoms with E-state index in [9.17, 15) is 4.79 Å². The van der Waals surface area contributed by atoms with Crippen LogP contribution in [-0.2, 0) is 17.9 Å². The van der Waals surface area contributed by atoms with Crippen molar-refractivity contribution in [1.82, 2.24) is 9.88 Å². The van der Waals surface area contributed by atoms with Crippen molar-refractivity contribution in [3.63, 3.8) is 0 Å². The van der Waals surface area contributed by atoms with Crippen molar-refractivity contribution in [1.29, 1.82) is 0 Å². The summed E-state index contributed by atoms with van der Waals surface area (Å²) in [6.07, 6.45) is 0. The number of rotatable bonds is 7. The fourth-order valence-corrected chi connectivity index (χ4v) is 5.57. The van der Waals surface area contributed by atoms with Crippen LogP contribution in [0, 0.1) is 0 Å². The standard InChI is InChI=1S/C21H26N4OS2/c1-2-25(14-17-6-5-13-27-17)21(26)16-24-11-9-23(10-12-24)15-20-22-18-7-3-4-8-19(18)28-20/h3-8,13H,2,9-12,14-16H2,1H3/p+2. The van der Waals surface area contributed by atoms with Gasteiger partial charge in [0.1, 0.15) is 37.7 Å². The lowest BCUT2D eigenvalue weighted by atomic mass is 10.3. The summed E-state index contributed by atoms with van der Waals surface area (Å²) < 4.78 is 1.28. The summed E-state index contributed by atoms with van der Waals surface area (Å²) in [6, 6.07) is 12.5. The Kier molecular flexibility index (Phi) is 6.36. The van der Waals surface area contributed by atoms with Crippen molar-refractivity contribution in [2.75, 3.05) is 39.3 Å². The number of amides is 1. The fourth-order valence-electron chi connectivity index (χ4n) is 3.81. The SMILES string of the molecule is CCN(Cc1cccs1)C(=O)C[NH+]1CC[NH+](Cc2nc3ccccc3s2)CC1. The molecule has 2 aromatic heterocycles. The number of benzene rings is 1. The van der Waals surface area contributed by atoms with Gasteiger partial charge < -0.3 is 14.7 Å². The Morgan fingerprint density at radius 1 is 1.11 bits per heavy atom. The molecule has 0 unspecified atom stereocenters. The highest BCUT2D eigenvalue weighted by molar-refractivity contribution is 7.18. The van der Waals surface area contributed by atoms with Gasteiger partial charge in [0.15, 0.2) is 6.54 Å². The van der Waals surface area contributed by atoms with Crippen molar-refractivity contribution >= 4 is 38.8 Å². The molecule has 2 N–H and O–H groups in total. The first kappa shape index (κ1) is 19.5. The van der Waals surface area contributed by atoms with Crippen molar-refractivity contribution < 1.29 is 14.6 Å². The number of aromatic nitrogens is 1. The molecule has 0 spiro atoms. The van der Waals surface area contributed by atoms with Gasteiger partial charge in [0.25, 0.3) is 5.91 Å². The van der Waals surface area contributed by atoms with Gasteiger partial charge in [-0.3, -0.25) is 4.79 Å². The van der Waals surface area contributed by atoms with Crippen LogP contribution in [0.15, 0.2) is 41.8 Å². The molecule has 0 saturated carbocycles. The number of carbonyl (C=O) groups is 1. The van der Waals surface area contributed by atoms with E-state index in [1.54, 1.807) is 16.2 Å². The lowest BCUT2D eigenvalue weighted by Gasteiger charge is -2.30. The van der Waals surface area contributed by atoms with Crippen LogP contribution in [-0.4, -0.2) is 55.1 Å². The topological polar surface area (TPSA) is 42.1 Å². The molecule has 1 amide bonds. The van der Waals surface area contributed by atoms with E-state index in [4.69, 9.17) is 4.98 Å². The number of piperazine rings is 1. The highest BCUT2D eigenvalue weighted by Crippen LogP contribution is 2.20. The zero-order chi connectivity index (χ0) is 19.3. The van der Waals surface area contributed by atoms with Gasteiger partial charge in [0.2, 0.25) is 0 Å². The zero-order valence-electron chi connectivity index (χ0n) is 16.3. The van der Waals surface area contributed by atoms with E-state index in [-0.39, 0.29) is 5.91 Å². The van der Waals surface area contributed by atoms with E-state index in [1.807, 2.05) is 16.2 Å². The molecule has 0 bridgehead atoms. The number of hydrogen-bond acceptors (Lipinski definition) is 4. The number of quaternary nitrogens is 2. The molecule has 3 aromatic rings. The number of carbonyl (C=O) groups excluding carboxylic acids is 1. The molecule has 3 heterocycles. The fraction of sp³-hybridized carbons (Fsp3) is 0.429. The van der Waals surface area contributed by atoms with Gasteiger partial charge >= 0.3 is 0 Å². The molecule has 5 nitrogen and oxygen atoms in total. The monoisotopic (exact) mass is 416 g/mol. The van der Waals surface area contributed by atoms with E-state index in [1.165, 1.54) is 19.5 Å². The molecule has 0 aliphatic carbocycles. The molecule has 1 aliphatic rings. The molecule has 7 heteroatoms. The van der Waals surface area contributed by atoms with Crippen LogP contribution in [0.2, 0.25) is 0 Å². The molecule has 148 valence electrons. The van der Waals surface area contributed by atoms with Gasteiger partial charge in [-0.25, -0.2) is 4.98 Å². The first-order chi connectivity index (χ1) is 13.7. The van der Waals surface area contributed by atoms with E-state index < -0.39 is 0 Å². The summed E-state index contributed by atoms with van der Waals surface area (Å²) >= 11 is 3.54. The normalized spacial score (nSPS) is 19.8. The van der Waals surface area contributed by atoms with Crippen LogP contribution in [0.4, 0.5) is 0 Å². The van der Waals surface area contributed by atoms with E-state index in [2.05, 4.69) is 48.7 Å². The van der Waals surface area contributed by atoms with Crippen molar-refractivity contribution in [3.8, 4) is 0 Å². The van der Waals surface area contributed by atoms with Gasteiger partial charge in [-0.15, -0.1) is 22.7 Å². The first-order valence-electron chi connectivity index (χ1n) is 10.0. The van der Waals surface area contributed by atoms with E-state index in [0.29, 0.717) is 6.54 Å². The Hall–Kier alpha value is -1.80. The van der Waals surface area contributed by atoms with Crippen molar-refractivity contribution in [3.05, 3.63) is 51.7 Å². The third kappa shape index (κ3) is 4.78.